The number of carbonyl (C=O) groups excluding carboxylic acids is 1. The zero-order valence-corrected chi connectivity index (χ0v) is 10.4. The molecule has 0 aliphatic carbocycles. The summed E-state index contributed by atoms with van der Waals surface area (Å²) in [5, 5.41) is 13.6. The molecule has 94 valence electrons. The molecule has 0 aliphatic heterocycles. The molecule has 0 aromatic carbocycles. The number of anilines is 1. The normalized spacial score (nSPS) is 11.1. The molecular weight excluding hydrogens is 222 g/mol. The number of aromatic nitrogens is 2. The highest BCUT2D eigenvalue weighted by molar-refractivity contribution is 5.99. The molecule has 1 rings (SSSR count). The Hall–Kier alpha value is -2.05. The van der Waals surface area contributed by atoms with Gasteiger partial charge in [0.15, 0.2) is 11.8 Å². The van der Waals surface area contributed by atoms with Crippen molar-refractivity contribution in [3.05, 3.63) is 11.8 Å². The van der Waals surface area contributed by atoms with Gasteiger partial charge < -0.3 is 15.8 Å². The van der Waals surface area contributed by atoms with Crippen molar-refractivity contribution in [1.82, 2.24) is 9.78 Å². The van der Waals surface area contributed by atoms with E-state index in [9.17, 15) is 4.79 Å². The van der Waals surface area contributed by atoms with Crippen molar-refractivity contribution in [2.45, 2.75) is 26.4 Å². The van der Waals surface area contributed by atoms with E-state index < -0.39 is 11.6 Å². The van der Waals surface area contributed by atoms with E-state index in [1.807, 2.05) is 0 Å². The largest absolute Gasteiger partial charge is 0.456 e. The second-order valence-electron chi connectivity index (χ2n) is 4.61. The summed E-state index contributed by atoms with van der Waals surface area (Å²) in [4.78, 5) is 11.8. The number of nitrogens with two attached hydrogens (primary N) is 1. The summed E-state index contributed by atoms with van der Waals surface area (Å²) in [7, 11) is 1.67. The first kappa shape index (κ1) is 13.0. The molecule has 1 aromatic rings. The van der Waals surface area contributed by atoms with Gasteiger partial charge >= 0.3 is 5.97 Å². The molecule has 1 heterocycles. The summed E-state index contributed by atoms with van der Waals surface area (Å²) in [5.41, 5.74) is 4.87. The van der Waals surface area contributed by atoms with Gasteiger partial charge in [-0.3, -0.25) is 10.1 Å². The van der Waals surface area contributed by atoms with Gasteiger partial charge in [-0.1, -0.05) is 0 Å². The Morgan fingerprint density at radius 3 is 2.65 bits per heavy atom. The molecule has 0 aliphatic rings. The molecular formula is C10H17N5O2. The molecule has 0 amide bonds. The van der Waals surface area contributed by atoms with Crippen molar-refractivity contribution < 1.29 is 9.53 Å². The Kier molecular flexibility index (Phi) is 3.40. The first-order valence-corrected chi connectivity index (χ1v) is 5.07. The molecule has 0 saturated carbocycles. The van der Waals surface area contributed by atoms with Crippen LogP contribution in [0.5, 0.6) is 0 Å². The molecule has 0 bridgehead atoms. The molecule has 0 radical (unpaired) electrons. The first-order valence-electron chi connectivity index (χ1n) is 5.07. The molecule has 0 atom stereocenters. The minimum absolute atomic E-state index is 0.217. The number of nitrogens with one attached hydrogen (secondary N) is 2. The summed E-state index contributed by atoms with van der Waals surface area (Å²) in [6, 6.07) is 0. The van der Waals surface area contributed by atoms with Crippen LogP contribution in [0, 0.1) is 5.41 Å². The van der Waals surface area contributed by atoms with Crippen LogP contribution < -0.4 is 11.1 Å². The lowest BCUT2D eigenvalue weighted by Gasteiger charge is -2.19. The number of rotatable bonds is 2. The highest BCUT2D eigenvalue weighted by Gasteiger charge is 2.22. The smallest absolute Gasteiger partial charge is 0.344 e. The third-order valence-corrected chi connectivity index (χ3v) is 1.70. The summed E-state index contributed by atoms with van der Waals surface area (Å²) in [6.45, 7) is 5.33. The molecule has 0 saturated heterocycles. The summed E-state index contributed by atoms with van der Waals surface area (Å²) < 4.78 is 6.66. The number of nitrogens with zero attached hydrogens (tertiary/aromatic N) is 2. The van der Waals surface area contributed by atoms with E-state index in [0.29, 0.717) is 0 Å². The van der Waals surface area contributed by atoms with E-state index in [4.69, 9.17) is 15.9 Å². The fourth-order valence-corrected chi connectivity index (χ4v) is 1.19. The first-order chi connectivity index (χ1) is 7.69. The maximum atomic E-state index is 11.8. The molecule has 0 unspecified atom stereocenters. The lowest BCUT2D eigenvalue weighted by Crippen LogP contribution is -2.26. The van der Waals surface area contributed by atoms with Crippen LogP contribution in [-0.2, 0) is 11.8 Å². The standard InChI is InChI=1S/C10H17N5O2/c1-10(2,3)17-8(16)6-5-15(4)14-7(6)13-9(11)12/h5H,1-4H3,(H4,11,12,13,14). The Labute approximate surface area is 99.4 Å². The van der Waals surface area contributed by atoms with Crippen molar-refractivity contribution in [1.29, 1.82) is 5.41 Å². The van der Waals surface area contributed by atoms with Crippen LogP contribution >= 0.6 is 0 Å². The van der Waals surface area contributed by atoms with E-state index in [1.54, 1.807) is 27.8 Å². The van der Waals surface area contributed by atoms with Gasteiger partial charge in [0.05, 0.1) is 0 Å². The Morgan fingerprint density at radius 1 is 1.59 bits per heavy atom. The number of esters is 1. The highest BCUT2D eigenvalue weighted by Crippen LogP contribution is 2.17. The van der Waals surface area contributed by atoms with Crippen molar-refractivity contribution >= 4 is 17.7 Å². The van der Waals surface area contributed by atoms with Crippen LogP contribution in [0.3, 0.4) is 0 Å². The molecule has 17 heavy (non-hydrogen) atoms. The van der Waals surface area contributed by atoms with Crippen molar-refractivity contribution in [3.8, 4) is 0 Å². The number of aryl methyl sites for hydroxylation is 1. The second-order valence-corrected chi connectivity index (χ2v) is 4.61. The van der Waals surface area contributed by atoms with Gasteiger partial charge in [0.25, 0.3) is 0 Å². The maximum Gasteiger partial charge on any atom is 0.344 e. The van der Waals surface area contributed by atoms with Gasteiger partial charge in [-0.15, -0.1) is 0 Å². The average Bonchev–Trinajstić information content (AvgIpc) is 2.42. The van der Waals surface area contributed by atoms with Crippen LogP contribution in [0.1, 0.15) is 31.1 Å². The number of carbonyl (C=O) groups is 1. The van der Waals surface area contributed by atoms with E-state index in [0.717, 1.165) is 0 Å². The maximum absolute atomic E-state index is 11.8. The molecule has 1 aromatic heterocycles. The second kappa shape index (κ2) is 4.44. The summed E-state index contributed by atoms with van der Waals surface area (Å²) >= 11 is 0. The van der Waals surface area contributed by atoms with E-state index in [2.05, 4.69) is 10.4 Å². The minimum atomic E-state index is -0.583. The molecule has 0 spiro atoms. The van der Waals surface area contributed by atoms with Gasteiger partial charge in [-0.25, -0.2) is 4.79 Å². The predicted molar refractivity (Wildman–Crippen MR) is 63.9 cm³/mol. The zero-order valence-electron chi connectivity index (χ0n) is 10.4. The van der Waals surface area contributed by atoms with E-state index in [1.165, 1.54) is 10.9 Å². The van der Waals surface area contributed by atoms with Crippen LogP contribution in [0.2, 0.25) is 0 Å². The third kappa shape index (κ3) is 3.78. The fraction of sp³-hybridized carbons (Fsp3) is 0.500. The van der Waals surface area contributed by atoms with Gasteiger partial charge in [0.2, 0.25) is 0 Å². The third-order valence-electron chi connectivity index (χ3n) is 1.70. The Bertz CT molecular complexity index is 444. The number of hydrogen-bond acceptors (Lipinski definition) is 4. The topological polar surface area (TPSA) is 106 Å². The number of hydrogen-bond donors (Lipinski definition) is 3. The SMILES string of the molecule is Cn1cc(C(=O)OC(C)(C)C)c(NC(=N)N)n1. The Balaban J connectivity index is 2.96. The number of guanidine groups is 1. The average molecular weight is 239 g/mol. The van der Waals surface area contributed by atoms with Gasteiger partial charge in [0, 0.05) is 13.2 Å². The fourth-order valence-electron chi connectivity index (χ4n) is 1.19. The Morgan fingerprint density at radius 2 is 2.18 bits per heavy atom. The van der Waals surface area contributed by atoms with Gasteiger partial charge in [-0.05, 0) is 20.8 Å². The lowest BCUT2D eigenvalue weighted by molar-refractivity contribution is 0.00707. The van der Waals surface area contributed by atoms with Crippen molar-refractivity contribution in [2.24, 2.45) is 12.8 Å². The number of ether oxygens (including phenoxy) is 1. The van der Waals surface area contributed by atoms with Gasteiger partial charge in [-0.2, -0.15) is 5.10 Å². The van der Waals surface area contributed by atoms with Crippen LogP contribution in [0.15, 0.2) is 6.20 Å². The summed E-state index contributed by atoms with van der Waals surface area (Å²) in [6.07, 6.45) is 1.51. The molecule has 7 heteroatoms. The van der Waals surface area contributed by atoms with Crippen LogP contribution in [-0.4, -0.2) is 27.3 Å². The highest BCUT2D eigenvalue weighted by atomic mass is 16.6. The van der Waals surface area contributed by atoms with Crippen molar-refractivity contribution in [3.63, 3.8) is 0 Å². The van der Waals surface area contributed by atoms with E-state index in [-0.39, 0.29) is 17.3 Å². The minimum Gasteiger partial charge on any atom is -0.456 e. The predicted octanol–water partition coefficient (Wildman–Crippen LogP) is 0.681. The molecule has 4 N–H and O–H groups in total. The van der Waals surface area contributed by atoms with E-state index >= 15 is 0 Å². The quantitative estimate of drug-likeness (QED) is 0.400. The summed E-state index contributed by atoms with van der Waals surface area (Å²) in [5.74, 6) is -0.572. The molecule has 7 nitrogen and oxygen atoms in total. The van der Waals surface area contributed by atoms with Gasteiger partial charge in [0.1, 0.15) is 11.2 Å². The monoisotopic (exact) mass is 239 g/mol. The van der Waals surface area contributed by atoms with Crippen LogP contribution in [0.25, 0.3) is 0 Å². The van der Waals surface area contributed by atoms with Crippen LogP contribution in [0.4, 0.5) is 5.82 Å². The lowest BCUT2D eigenvalue weighted by atomic mass is 10.2. The zero-order chi connectivity index (χ0) is 13.2. The van der Waals surface area contributed by atoms with Crippen molar-refractivity contribution in [2.75, 3.05) is 5.32 Å². The molecule has 0 fully saturated rings.